The molecule has 0 aliphatic heterocycles. The Balaban J connectivity index is 0.000000182. The van der Waals surface area contributed by atoms with E-state index in [2.05, 4.69) is 64.9 Å². The lowest BCUT2D eigenvalue weighted by molar-refractivity contribution is -0.125. The van der Waals surface area contributed by atoms with Crippen LogP contribution in [0.4, 0.5) is 23.3 Å². The molecule has 3 aliphatic carbocycles. The van der Waals surface area contributed by atoms with E-state index in [1.807, 2.05) is 67.2 Å². The molecule has 3 fully saturated rings. The van der Waals surface area contributed by atoms with E-state index in [0.717, 1.165) is 76.6 Å². The van der Waals surface area contributed by atoms with Crippen molar-refractivity contribution in [2.75, 3.05) is 10.6 Å². The van der Waals surface area contributed by atoms with Crippen LogP contribution < -0.4 is 10.6 Å². The monoisotopic (exact) mass is 933 g/mol. The summed E-state index contributed by atoms with van der Waals surface area (Å²) in [5, 5.41) is 59.7. The van der Waals surface area contributed by atoms with Crippen molar-refractivity contribution in [3.8, 4) is 52.9 Å². The molecule has 3 saturated carbocycles. The van der Waals surface area contributed by atoms with Crippen LogP contribution >= 0.6 is 0 Å². The van der Waals surface area contributed by atoms with Gasteiger partial charge in [-0.1, -0.05) is 55.5 Å². The number of H-pyrrole nitrogens is 1. The summed E-state index contributed by atoms with van der Waals surface area (Å²) in [6.07, 6.45) is 16.3. The molecule has 0 amide bonds. The predicted octanol–water partition coefficient (Wildman–Crippen LogP) is 9.80. The Hall–Kier alpha value is -8.92. The molecule has 3 N–H and O–H groups in total. The minimum Gasteiger partial charge on any atom is -0.321 e. The van der Waals surface area contributed by atoms with Gasteiger partial charge in [0.2, 0.25) is 11.9 Å². The van der Waals surface area contributed by atoms with Crippen molar-refractivity contribution in [3.63, 3.8) is 0 Å². The highest BCUT2D eigenvalue weighted by molar-refractivity contribution is 5.97. The summed E-state index contributed by atoms with van der Waals surface area (Å²) >= 11 is 0. The van der Waals surface area contributed by atoms with Crippen molar-refractivity contribution >= 4 is 40.6 Å². The maximum Gasteiger partial charge on any atom is 0.227 e. The minimum atomic E-state index is -0.0422. The van der Waals surface area contributed by atoms with Crippen molar-refractivity contribution in [2.24, 2.45) is 23.7 Å². The van der Waals surface area contributed by atoms with Crippen LogP contribution in [0.3, 0.4) is 0 Å². The Bertz CT molecular complexity index is 2960. The van der Waals surface area contributed by atoms with Gasteiger partial charge in [0, 0.05) is 91.5 Å². The fourth-order valence-corrected chi connectivity index (χ4v) is 7.52. The molecule has 0 spiro atoms. The van der Waals surface area contributed by atoms with Crippen LogP contribution in [0.2, 0.25) is 0 Å². The van der Waals surface area contributed by atoms with Gasteiger partial charge in [-0.25, -0.2) is 19.9 Å². The lowest BCUT2D eigenvalue weighted by Gasteiger charge is -2.30. The van der Waals surface area contributed by atoms with E-state index < -0.39 is 0 Å². The SMILES string of the molecule is CC1CC(C#N)C1.Cc1cnc(Nc2cn[nH]c2)nc1-c1ccc(C(=O)CCC#N)cc1.Cc1cnc(Nc2cnn(C3CC(C#N)C3)c2)nc1-c1ccc(C(=O)CCC#N)cc1.N#CC1CC(=O)C1. The van der Waals surface area contributed by atoms with E-state index in [4.69, 9.17) is 26.3 Å². The number of aryl methyl sites for hydroxylation is 2. The summed E-state index contributed by atoms with van der Waals surface area (Å²) in [4.78, 5) is 52.0. The zero-order valence-corrected chi connectivity index (χ0v) is 39.1. The second-order valence-corrected chi connectivity index (χ2v) is 17.3. The number of nitriles is 5. The highest BCUT2D eigenvalue weighted by atomic mass is 16.1. The fourth-order valence-electron chi connectivity index (χ4n) is 7.52. The van der Waals surface area contributed by atoms with E-state index in [1.54, 1.807) is 55.2 Å². The molecule has 0 bridgehead atoms. The number of anilines is 4. The summed E-state index contributed by atoms with van der Waals surface area (Å²) in [5.41, 5.74) is 7.94. The second kappa shape index (κ2) is 24.7. The lowest BCUT2D eigenvalue weighted by Crippen LogP contribution is -2.25. The van der Waals surface area contributed by atoms with E-state index in [-0.39, 0.29) is 60.9 Å². The molecular weight excluding hydrogens is 883 g/mol. The van der Waals surface area contributed by atoms with Gasteiger partial charge in [-0.2, -0.15) is 36.5 Å². The number of carbonyl (C=O) groups excluding carboxylic acids is 3. The number of nitrogens with one attached hydrogen (secondary N) is 3. The predicted molar refractivity (Wildman–Crippen MR) is 258 cm³/mol. The number of aromatic amines is 1. The smallest absolute Gasteiger partial charge is 0.227 e. The van der Waals surface area contributed by atoms with Gasteiger partial charge in [0.05, 0.1) is 83.4 Å². The molecule has 0 unspecified atom stereocenters. The van der Waals surface area contributed by atoms with Crippen LogP contribution in [0, 0.1) is 94.2 Å². The van der Waals surface area contributed by atoms with Gasteiger partial charge < -0.3 is 10.6 Å². The normalized spacial score (nSPS) is 17.3. The van der Waals surface area contributed by atoms with E-state index in [0.29, 0.717) is 41.8 Å². The van der Waals surface area contributed by atoms with Crippen molar-refractivity contribution in [3.05, 3.63) is 108 Å². The number of hydrogen-bond donors (Lipinski definition) is 3. The van der Waals surface area contributed by atoms with E-state index >= 15 is 0 Å². The third kappa shape index (κ3) is 14.1. The quantitative estimate of drug-likeness (QED) is 0.0907. The summed E-state index contributed by atoms with van der Waals surface area (Å²) in [7, 11) is 0. The first kappa shape index (κ1) is 50.5. The Labute approximate surface area is 406 Å². The molecule has 0 radical (unpaired) electrons. The second-order valence-electron chi connectivity index (χ2n) is 17.3. The summed E-state index contributed by atoms with van der Waals surface area (Å²) in [5.74, 6) is 2.48. The Kier molecular flexibility index (Phi) is 17.8. The molecule has 0 saturated heterocycles. The largest absolute Gasteiger partial charge is 0.321 e. The first-order valence-electron chi connectivity index (χ1n) is 22.9. The maximum absolute atomic E-state index is 12.1. The first-order valence-corrected chi connectivity index (χ1v) is 22.9. The van der Waals surface area contributed by atoms with Crippen LogP contribution in [-0.2, 0) is 4.79 Å². The number of carbonyl (C=O) groups is 3. The van der Waals surface area contributed by atoms with Gasteiger partial charge in [-0.05, 0) is 56.6 Å². The minimum absolute atomic E-state index is 0.0326. The van der Waals surface area contributed by atoms with Crippen molar-refractivity contribution in [2.45, 2.75) is 91.0 Å². The fraction of sp³-hybridized carbons (Fsp3) is 0.346. The molecule has 6 aromatic rings. The van der Waals surface area contributed by atoms with Crippen LogP contribution in [0.25, 0.3) is 22.5 Å². The van der Waals surface area contributed by atoms with Crippen molar-refractivity contribution in [1.29, 1.82) is 26.3 Å². The molecule has 4 aromatic heterocycles. The third-order valence-corrected chi connectivity index (χ3v) is 11.8. The number of hydrogen-bond acceptors (Lipinski definition) is 16. The number of ketones is 3. The van der Waals surface area contributed by atoms with Crippen LogP contribution in [0.15, 0.2) is 85.7 Å². The molecular formula is C52H51N15O3. The Morgan fingerprint density at radius 2 is 1.16 bits per heavy atom. The molecule has 18 nitrogen and oxygen atoms in total. The zero-order valence-electron chi connectivity index (χ0n) is 39.1. The molecule has 9 rings (SSSR count). The van der Waals surface area contributed by atoms with Gasteiger partial charge in [0.25, 0.3) is 0 Å². The molecule has 70 heavy (non-hydrogen) atoms. The molecule has 3 aliphatic rings. The molecule has 352 valence electrons. The zero-order chi connectivity index (χ0) is 50.0. The molecule has 2 aromatic carbocycles. The average molecular weight is 934 g/mol. The van der Waals surface area contributed by atoms with Gasteiger partial charge in [-0.15, -0.1) is 0 Å². The maximum atomic E-state index is 12.1. The summed E-state index contributed by atoms with van der Waals surface area (Å²) < 4.78 is 1.88. The number of Topliss-reactive ketones (excluding diaryl/α,β-unsaturated/α-hetero) is 3. The van der Waals surface area contributed by atoms with Gasteiger partial charge in [0.15, 0.2) is 11.6 Å². The summed E-state index contributed by atoms with van der Waals surface area (Å²) in [6, 6.07) is 25.3. The first-order chi connectivity index (χ1) is 33.9. The average Bonchev–Trinajstić information content (AvgIpc) is 4.04. The highest BCUT2D eigenvalue weighted by Crippen LogP contribution is 2.37. The third-order valence-electron chi connectivity index (χ3n) is 11.8. The van der Waals surface area contributed by atoms with Crippen LogP contribution in [0.1, 0.15) is 109 Å². The number of aromatic nitrogens is 8. The molecule has 18 heteroatoms. The number of rotatable bonds is 13. The topological polar surface area (TPSA) is 292 Å². The van der Waals surface area contributed by atoms with Gasteiger partial charge in [-0.3, -0.25) is 24.2 Å². The number of nitrogens with zero attached hydrogens (tertiary/aromatic N) is 12. The molecule has 4 heterocycles. The van der Waals surface area contributed by atoms with Crippen molar-refractivity contribution in [1.82, 2.24) is 39.9 Å². The van der Waals surface area contributed by atoms with Gasteiger partial charge in [0.1, 0.15) is 5.78 Å². The highest BCUT2D eigenvalue weighted by Gasteiger charge is 2.31. The number of benzene rings is 2. The lowest BCUT2D eigenvalue weighted by atomic mass is 9.77. The summed E-state index contributed by atoms with van der Waals surface area (Å²) in [6.45, 7) is 6.06. The van der Waals surface area contributed by atoms with Crippen LogP contribution in [-0.4, -0.2) is 57.3 Å². The Morgan fingerprint density at radius 3 is 1.56 bits per heavy atom. The van der Waals surface area contributed by atoms with Crippen molar-refractivity contribution < 1.29 is 14.4 Å². The van der Waals surface area contributed by atoms with E-state index in [9.17, 15) is 14.4 Å². The van der Waals surface area contributed by atoms with Gasteiger partial charge >= 0.3 is 0 Å². The Morgan fingerprint density at radius 1 is 0.671 bits per heavy atom. The van der Waals surface area contributed by atoms with Crippen LogP contribution in [0.5, 0.6) is 0 Å². The molecule has 0 atom stereocenters. The van der Waals surface area contributed by atoms with E-state index in [1.165, 1.54) is 0 Å². The standard InChI is InChI=1S/C23H21N7O.C18H16N6O.C6H9N.C5H5NO/c1-15-12-26-23(28-19-13-27-30(14-19)20-9-16(10-20)11-25)29-22(15)18-6-4-17(5-7-18)21(31)3-2-8-24;1-12-9-20-18(23-15-10-21-22-11-15)24-17(12)14-6-4-13(5-7-14)16(25)3-2-8-19;1-5-2-6(3-5)4-7;6-3-4-1-5(7)2-4/h4-7,12-14,16,20H,2-3,9-10H2,1H3,(H,26,28,29);4-7,9-11H,2-3H2,1H3,(H,21,22)(H,20,23,24);5-6H,2-3H2,1H3;4H,1-2H2.